The van der Waals surface area contributed by atoms with Gasteiger partial charge in [-0.05, 0) is 30.5 Å². The SMILES string of the molecule is O=C(OCCO)N1CCCC1c1ccc(Cl)c(Cl)c1. The molecular formula is C13H15Cl2NO3. The first-order valence-electron chi connectivity index (χ1n) is 6.12. The highest BCUT2D eigenvalue weighted by atomic mass is 35.5. The number of rotatable bonds is 3. The third-order valence-corrected chi connectivity index (χ3v) is 3.87. The molecule has 2 rings (SSSR count). The smallest absolute Gasteiger partial charge is 0.410 e. The molecule has 0 bridgehead atoms. The first kappa shape index (κ1) is 14.4. The zero-order valence-corrected chi connectivity index (χ0v) is 11.8. The van der Waals surface area contributed by atoms with Crippen LogP contribution in [0.25, 0.3) is 0 Å². The van der Waals surface area contributed by atoms with Gasteiger partial charge in [-0.2, -0.15) is 0 Å². The van der Waals surface area contributed by atoms with E-state index in [1.165, 1.54) is 0 Å². The fourth-order valence-electron chi connectivity index (χ4n) is 2.27. The number of hydrogen-bond donors (Lipinski definition) is 1. The number of aliphatic hydroxyl groups excluding tert-OH is 1. The van der Waals surface area contributed by atoms with Crippen LogP contribution >= 0.6 is 23.2 Å². The molecule has 1 N–H and O–H groups in total. The second-order valence-corrected chi connectivity index (χ2v) is 5.18. The summed E-state index contributed by atoms with van der Waals surface area (Å²) in [5, 5.41) is 9.66. The summed E-state index contributed by atoms with van der Waals surface area (Å²) in [6.07, 6.45) is 1.38. The molecule has 0 spiro atoms. The lowest BCUT2D eigenvalue weighted by Crippen LogP contribution is -2.31. The van der Waals surface area contributed by atoms with Crippen LogP contribution in [0.1, 0.15) is 24.4 Å². The van der Waals surface area contributed by atoms with Crippen LogP contribution in [0, 0.1) is 0 Å². The van der Waals surface area contributed by atoms with Crippen molar-refractivity contribution >= 4 is 29.3 Å². The summed E-state index contributed by atoms with van der Waals surface area (Å²) >= 11 is 11.9. The van der Waals surface area contributed by atoms with E-state index in [0.717, 1.165) is 18.4 Å². The van der Waals surface area contributed by atoms with E-state index in [-0.39, 0.29) is 19.3 Å². The molecule has 6 heteroatoms. The summed E-state index contributed by atoms with van der Waals surface area (Å²) in [7, 11) is 0. The maximum absolute atomic E-state index is 11.9. The maximum Gasteiger partial charge on any atom is 0.410 e. The lowest BCUT2D eigenvalue weighted by Gasteiger charge is -2.24. The van der Waals surface area contributed by atoms with Crippen molar-refractivity contribution in [3.8, 4) is 0 Å². The minimum atomic E-state index is -0.400. The lowest BCUT2D eigenvalue weighted by atomic mass is 10.1. The molecule has 0 aliphatic carbocycles. The highest BCUT2D eigenvalue weighted by Gasteiger charge is 2.31. The van der Waals surface area contributed by atoms with Gasteiger partial charge < -0.3 is 14.7 Å². The molecule has 1 aromatic carbocycles. The van der Waals surface area contributed by atoms with Crippen LogP contribution in [0.2, 0.25) is 10.0 Å². The van der Waals surface area contributed by atoms with Gasteiger partial charge in [-0.25, -0.2) is 4.79 Å². The van der Waals surface area contributed by atoms with E-state index in [1.54, 1.807) is 17.0 Å². The van der Waals surface area contributed by atoms with Crippen LogP contribution in [-0.4, -0.2) is 35.9 Å². The molecule has 19 heavy (non-hydrogen) atoms. The van der Waals surface area contributed by atoms with Gasteiger partial charge in [-0.1, -0.05) is 29.3 Å². The van der Waals surface area contributed by atoms with Crippen molar-refractivity contribution in [2.75, 3.05) is 19.8 Å². The number of amides is 1. The summed E-state index contributed by atoms with van der Waals surface area (Å²) in [6, 6.07) is 5.35. The van der Waals surface area contributed by atoms with Crippen molar-refractivity contribution in [3.63, 3.8) is 0 Å². The summed E-state index contributed by atoms with van der Waals surface area (Å²) in [5.41, 5.74) is 0.952. The maximum atomic E-state index is 11.9. The number of benzene rings is 1. The Morgan fingerprint density at radius 3 is 2.89 bits per heavy atom. The Morgan fingerprint density at radius 1 is 1.42 bits per heavy atom. The van der Waals surface area contributed by atoms with Crippen molar-refractivity contribution in [3.05, 3.63) is 33.8 Å². The molecule has 1 aromatic rings. The molecule has 4 nitrogen and oxygen atoms in total. The number of carbonyl (C=O) groups excluding carboxylic acids is 1. The van der Waals surface area contributed by atoms with Gasteiger partial charge in [-0.15, -0.1) is 0 Å². The number of halogens is 2. The summed E-state index contributed by atoms with van der Waals surface area (Å²) in [6.45, 7) is 0.496. The van der Waals surface area contributed by atoms with Crippen LogP contribution in [0.4, 0.5) is 4.79 Å². The highest BCUT2D eigenvalue weighted by molar-refractivity contribution is 6.42. The number of nitrogens with zero attached hydrogens (tertiary/aromatic N) is 1. The first-order valence-corrected chi connectivity index (χ1v) is 6.88. The molecule has 0 radical (unpaired) electrons. The van der Waals surface area contributed by atoms with E-state index >= 15 is 0 Å². The number of aliphatic hydroxyl groups is 1. The molecular weight excluding hydrogens is 289 g/mol. The zero-order valence-electron chi connectivity index (χ0n) is 10.3. The van der Waals surface area contributed by atoms with Crippen molar-refractivity contribution in [2.24, 2.45) is 0 Å². The van der Waals surface area contributed by atoms with Gasteiger partial charge in [0.2, 0.25) is 0 Å². The normalized spacial score (nSPS) is 18.7. The summed E-state index contributed by atoms with van der Waals surface area (Å²) in [5.74, 6) is 0. The molecule has 104 valence electrons. The summed E-state index contributed by atoms with van der Waals surface area (Å²) < 4.78 is 4.96. The Hall–Kier alpha value is -0.970. The second-order valence-electron chi connectivity index (χ2n) is 4.36. The van der Waals surface area contributed by atoms with Crippen LogP contribution in [0.3, 0.4) is 0 Å². The fraction of sp³-hybridized carbons (Fsp3) is 0.462. The average molecular weight is 304 g/mol. The molecule has 1 heterocycles. The topological polar surface area (TPSA) is 49.8 Å². The molecule has 0 saturated carbocycles. The highest BCUT2D eigenvalue weighted by Crippen LogP contribution is 2.35. The number of ether oxygens (including phenoxy) is 1. The van der Waals surface area contributed by atoms with E-state index in [2.05, 4.69) is 0 Å². The number of hydrogen-bond acceptors (Lipinski definition) is 3. The predicted octanol–water partition coefficient (Wildman–Crippen LogP) is 3.26. The standard InChI is InChI=1S/C13H15Cl2NO3/c14-10-4-3-9(8-11(10)15)12-2-1-5-16(12)13(18)19-7-6-17/h3-4,8,12,17H,1-2,5-7H2. The van der Waals surface area contributed by atoms with Gasteiger partial charge >= 0.3 is 6.09 Å². The molecule has 1 aliphatic rings. The second kappa shape index (κ2) is 6.46. The third-order valence-electron chi connectivity index (χ3n) is 3.13. The van der Waals surface area contributed by atoms with Gasteiger partial charge in [0.1, 0.15) is 6.61 Å². The molecule has 1 unspecified atom stereocenters. The Balaban J connectivity index is 2.13. The first-order chi connectivity index (χ1) is 9.13. The van der Waals surface area contributed by atoms with Gasteiger partial charge in [0, 0.05) is 6.54 Å². The Morgan fingerprint density at radius 2 is 2.21 bits per heavy atom. The van der Waals surface area contributed by atoms with E-state index in [4.69, 9.17) is 33.0 Å². The largest absolute Gasteiger partial charge is 0.447 e. The van der Waals surface area contributed by atoms with Gasteiger partial charge in [0.25, 0.3) is 0 Å². The molecule has 1 fully saturated rings. The Kier molecular flexibility index (Phi) is 4.91. The third kappa shape index (κ3) is 3.32. The van der Waals surface area contributed by atoms with E-state index in [1.807, 2.05) is 6.07 Å². The lowest BCUT2D eigenvalue weighted by molar-refractivity contribution is 0.0807. The van der Waals surface area contributed by atoms with Crippen LogP contribution < -0.4 is 0 Å². The Bertz CT molecular complexity index is 467. The van der Waals surface area contributed by atoms with Crippen molar-refractivity contribution < 1.29 is 14.6 Å². The van der Waals surface area contributed by atoms with Crippen LogP contribution in [0.15, 0.2) is 18.2 Å². The van der Waals surface area contributed by atoms with Gasteiger partial charge in [-0.3, -0.25) is 0 Å². The zero-order chi connectivity index (χ0) is 13.8. The minimum absolute atomic E-state index is 0.0173. The minimum Gasteiger partial charge on any atom is -0.447 e. The summed E-state index contributed by atoms with van der Waals surface area (Å²) in [4.78, 5) is 13.5. The van der Waals surface area contributed by atoms with Crippen molar-refractivity contribution in [2.45, 2.75) is 18.9 Å². The van der Waals surface area contributed by atoms with E-state index in [9.17, 15) is 4.79 Å². The molecule has 1 amide bonds. The average Bonchev–Trinajstić information content (AvgIpc) is 2.88. The molecule has 1 atom stereocenters. The molecule has 1 saturated heterocycles. The molecule has 1 aliphatic heterocycles. The number of carbonyl (C=O) groups is 1. The fourth-order valence-corrected chi connectivity index (χ4v) is 2.57. The van der Waals surface area contributed by atoms with E-state index < -0.39 is 6.09 Å². The van der Waals surface area contributed by atoms with E-state index in [0.29, 0.717) is 16.6 Å². The molecule has 0 aromatic heterocycles. The van der Waals surface area contributed by atoms with Crippen molar-refractivity contribution in [1.82, 2.24) is 4.90 Å². The van der Waals surface area contributed by atoms with Crippen molar-refractivity contribution in [1.29, 1.82) is 0 Å². The monoisotopic (exact) mass is 303 g/mol. The van der Waals surface area contributed by atoms with Gasteiger partial charge in [0.05, 0.1) is 22.7 Å². The quantitative estimate of drug-likeness (QED) is 0.932. The predicted molar refractivity (Wildman–Crippen MR) is 73.6 cm³/mol. The van der Waals surface area contributed by atoms with Gasteiger partial charge in [0.15, 0.2) is 0 Å². The van der Waals surface area contributed by atoms with Crippen LogP contribution in [0.5, 0.6) is 0 Å². The Labute approximate surface area is 121 Å². The number of likely N-dealkylation sites (tertiary alicyclic amines) is 1. The van der Waals surface area contributed by atoms with Crippen LogP contribution in [-0.2, 0) is 4.74 Å².